The Balaban J connectivity index is 3.51. The Labute approximate surface area is 108 Å². The van der Waals surface area contributed by atoms with Crippen molar-refractivity contribution in [1.29, 1.82) is 0 Å². The van der Waals surface area contributed by atoms with E-state index in [0.29, 0.717) is 0 Å². The third-order valence-corrected chi connectivity index (χ3v) is 16.4. The van der Waals surface area contributed by atoms with E-state index in [0.717, 1.165) is 5.75 Å². The van der Waals surface area contributed by atoms with E-state index in [1.54, 1.807) is 14.3 Å². The first-order valence-corrected chi connectivity index (χ1v) is 25.8. The summed E-state index contributed by atoms with van der Waals surface area (Å²) in [6.07, 6.45) is 0. The second-order valence-corrected chi connectivity index (χ2v) is 35.0. The van der Waals surface area contributed by atoms with Crippen molar-refractivity contribution in [3.8, 4) is 5.75 Å². The number of hydrogen-bond acceptors (Lipinski definition) is 1. The summed E-state index contributed by atoms with van der Waals surface area (Å²) in [5.41, 5.74) is 0. The van der Waals surface area contributed by atoms with Gasteiger partial charge in [-0.25, -0.2) is 0 Å². The average Bonchev–Trinajstić information content (AvgIpc) is 2.13. The van der Waals surface area contributed by atoms with Gasteiger partial charge in [-0.05, 0) is 0 Å². The molecule has 0 saturated heterocycles. The second-order valence-electron chi connectivity index (χ2n) is 6.38. The van der Waals surface area contributed by atoms with Gasteiger partial charge in [-0.1, -0.05) is 0 Å². The summed E-state index contributed by atoms with van der Waals surface area (Å²) in [6.45, 7) is 0. The van der Waals surface area contributed by atoms with Gasteiger partial charge < -0.3 is 0 Å². The van der Waals surface area contributed by atoms with Gasteiger partial charge in [0.05, 0.1) is 0 Å². The zero-order valence-electron chi connectivity index (χ0n) is 11.6. The predicted octanol–water partition coefficient (Wildman–Crippen LogP) is 2.79. The van der Waals surface area contributed by atoms with Crippen molar-refractivity contribution >= 4 is 43.9 Å². The van der Waals surface area contributed by atoms with Gasteiger partial charge in [-0.2, -0.15) is 0 Å². The van der Waals surface area contributed by atoms with Gasteiger partial charge in [-0.15, -0.1) is 0 Å². The van der Waals surface area contributed by atoms with Crippen LogP contribution in [-0.4, -0.2) is 43.9 Å². The molecule has 1 aromatic rings. The summed E-state index contributed by atoms with van der Waals surface area (Å²) >= 11 is -4.10. The molecule has 0 saturated carbocycles. The van der Waals surface area contributed by atoms with Crippen LogP contribution in [0.25, 0.3) is 0 Å². The molecular formula is C13H24OSn2. The molecule has 90 valence electrons. The number of hydrogen-bond donors (Lipinski definition) is 0. The van der Waals surface area contributed by atoms with Gasteiger partial charge in [0.25, 0.3) is 0 Å². The molecule has 0 aliphatic carbocycles. The first kappa shape index (κ1) is 14.7. The molecule has 3 heteroatoms. The molecule has 1 nitrogen and oxygen atoms in total. The Morgan fingerprint density at radius 1 is 0.875 bits per heavy atom. The summed E-state index contributed by atoms with van der Waals surface area (Å²) in [4.78, 5) is 14.9. The molecule has 0 radical (unpaired) electrons. The first-order valence-electron chi connectivity index (χ1n) is 5.86. The van der Waals surface area contributed by atoms with E-state index < -0.39 is 36.8 Å². The number of benzene rings is 1. The topological polar surface area (TPSA) is 9.23 Å². The van der Waals surface area contributed by atoms with Crippen molar-refractivity contribution in [1.82, 2.24) is 0 Å². The molecule has 1 aromatic carbocycles. The average molecular weight is 434 g/mol. The molecule has 0 fully saturated rings. The fourth-order valence-electron chi connectivity index (χ4n) is 2.10. The third-order valence-electron chi connectivity index (χ3n) is 2.80. The molecule has 0 spiro atoms. The van der Waals surface area contributed by atoms with Crippen LogP contribution in [0.5, 0.6) is 5.75 Å². The summed E-state index contributed by atoms with van der Waals surface area (Å²) in [7, 11) is 1.80. The fraction of sp³-hybridized carbons (Fsp3) is 0.538. The fourth-order valence-corrected chi connectivity index (χ4v) is 25.8. The van der Waals surface area contributed by atoms with Gasteiger partial charge in [0.1, 0.15) is 0 Å². The van der Waals surface area contributed by atoms with Crippen molar-refractivity contribution in [3.05, 3.63) is 18.2 Å². The van der Waals surface area contributed by atoms with Crippen LogP contribution in [0.3, 0.4) is 0 Å². The Morgan fingerprint density at radius 3 is 1.81 bits per heavy atom. The van der Waals surface area contributed by atoms with E-state index in [-0.39, 0.29) is 0 Å². The van der Waals surface area contributed by atoms with Crippen molar-refractivity contribution in [2.75, 3.05) is 7.11 Å². The van der Waals surface area contributed by atoms with Crippen LogP contribution in [0.2, 0.25) is 29.6 Å². The van der Waals surface area contributed by atoms with E-state index >= 15 is 0 Å². The number of rotatable bonds is 3. The normalized spacial score (nSPS) is 12.7. The Kier molecular flexibility index (Phi) is 4.66. The van der Waals surface area contributed by atoms with Crippen molar-refractivity contribution < 1.29 is 4.74 Å². The molecule has 0 unspecified atom stereocenters. The zero-order valence-corrected chi connectivity index (χ0v) is 17.3. The Morgan fingerprint density at radius 2 is 1.44 bits per heavy atom. The van der Waals surface area contributed by atoms with E-state index in [1.165, 1.54) is 0 Å². The molecule has 0 aliphatic heterocycles. The van der Waals surface area contributed by atoms with E-state index in [2.05, 4.69) is 47.8 Å². The molecule has 1 rings (SSSR count). The van der Waals surface area contributed by atoms with Crippen molar-refractivity contribution in [2.24, 2.45) is 0 Å². The number of methoxy groups -OCH3 is 1. The van der Waals surface area contributed by atoms with Crippen LogP contribution in [-0.2, 0) is 0 Å². The third kappa shape index (κ3) is 3.31. The maximum atomic E-state index is 5.59. The van der Waals surface area contributed by atoms with Crippen LogP contribution in [0.15, 0.2) is 18.2 Å². The van der Waals surface area contributed by atoms with Crippen LogP contribution >= 0.6 is 0 Å². The van der Waals surface area contributed by atoms with Crippen LogP contribution in [0, 0.1) is 0 Å². The molecule has 0 aliphatic rings. The molecule has 0 aromatic heterocycles. The Hall–Kier alpha value is 0.617. The summed E-state index contributed by atoms with van der Waals surface area (Å²) in [5, 5.41) is 0. The first-order chi connectivity index (χ1) is 7.18. The minimum atomic E-state index is -2.09. The van der Waals surface area contributed by atoms with Crippen LogP contribution < -0.4 is 11.9 Å². The number of ether oxygens (including phenoxy) is 1. The molecule has 16 heavy (non-hydrogen) atoms. The van der Waals surface area contributed by atoms with Crippen molar-refractivity contribution in [3.63, 3.8) is 0 Å². The molecular weight excluding hydrogens is 410 g/mol. The molecule has 0 bridgehead atoms. The summed E-state index contributed by atoms with van der Waals surface area (Å²) in [5.74, 6) is 1.15. The van der Waals surface area contributed by atoms with Crippen molar-refractivity contribution in [2.45, 2.75) is 29.6 Å². The van der Waals surface area contributed by atoms with E-state index in [9.17, 15) is 0 Å². The minimum absolute atomic E-state index is 1.15. The zero-order chi connectivity index (χ0) is 12.6. The van der Waals surface area contributed by atoms with E-state index in [4.69, 9.17) is 4.74 Å². The van der Waals surface area contributed by atoms with Gasteiger partial charge in [0.15, 0.2) is 0 Å². The monoisotopic (exact) mass is 436 g/mol. The summed E-state index contributed by atoms with van der Waals surface area (Å²) < 4.78 is 8.90. The van der Waals surface area contributed by atoms with Gasteiger partial charge in [0, 0.05) is 0 Å². The molecule has 0 N–H and O–H groups in total. The quantitative estimate of drug-likeness (QED) is 0.666. The van der Waals surface area contributed by atoms with Gasteiger partial charge in [0.2, 0.25) is 0 Å². The molecule has 0 amide bonds. The Bertz CT molecular complexity index is 372. The van der Waals surface area contributed by atoms with E-state index in [1.807, 2.05) is 0 Å². The SMILES string of the molecule is COc1ccc[c]([Sn]([CH3])([CH3])[CH3])[c]1[Sn]([CH3])([CH3])[CH3]. The molecule has 0 heterocycles. The van der Waals surface area contributed by atoms with Crippen LogP contribution in [0.4, 0.5) is 0 Å². The second kappa shape index (κ2) is 5.08. The standard InChI is InChI=1S/C7H6O.6CH3.2Sn/c1-8-7-5-3-2-4-6-7;;;;;;;;/h2-3,5H,1H3;6*1H3;;. The molecule has 0 atom stereocenters. The van der Waals surface area contributed by atoms with Gasteiger partial charge >= 0.3 is 109 Å². The summed E-state index contributed by atoms with van der Waals surface area (Å²) in [6, 6.07) is 6.66. The van der Waals surface area contributed by atoms with Crippen LogP contribution in [0.1, 0.15) is 0 Å². The van der Waals surface area contributed by atoms with Gasteiger partial charge in [-0.3, -0.25) is 0 Å². The maximum absolute atomic E-state index is 5.59. The predicted molar refractivity (Wildman–Crippen MR) is 79.0 cm³/mol.